The van der Waals surface area contributed by atoms with Crippen LogP contribution in [0.25, 0.3) is 0 Å². The zero-order valence-electron chi connectivity index (χ0n) is 9.42. The molecule has 16 heavy (non-hydrogen) atoms. The van der Waals surface area contributed by atoms with Crippen molar-refractivity contribution in [3.8, 4) is 0 Å². The molecule has 0 aliphatic heterocycles. The highest BCUT2D eigenvalue weighted by atomic mass is 79.9. The van der Waals surface area contributed by atoms with Crippen LogP contribution in [0.3, 0.4) is 0 Å². The Balaban J connectivity index is 5.36. The molecule has 0 saturated heterocycles. The predicted molar refractivity (Wildman–Crippen MR) is 64.0 cm³/mol. The summed E-state index contributed by atoms with van der Waals surface area (Å²) >= 11 is 3.13. The van der Waals surface area contributed by atoms with Crippen molar-refractivity contribution in [2.24, 2.45) is 5.41 Å². The summed E-state index contributed by atoms with van der Waals surface area (Å²) in [6.45, 7) is 7.15. The molecule has 0 aromatic heterocycles. The van der Waals surface area contributed by atoms with Gasteiger partial charge < -0.3 is 9.47 Å². The van der Waals surface area contributed by atoms with E-state index in [1.165, 1.54) is 20.3 Å². The second-order valence-electron chi connectivity index (χ2n) is 3.25. The third-order valence-corrected chi connectivity index (χ3v) is 2.42. The molecule has 0 bridgehead atoms. The zero-order valence-corrected chi connectivity index (χ0v) is 11.0. The van der Waals surface area contributed by atoms with Crippen molar-refractivity contribution in [1.82, 2.24) is 0 Å². The monoisotopic (exact) mass is 290 g/mol. The van der Waals surface area contributed by atoms with Crippen molar-refractivity contribution in [2.45, 2.75) is 12.8 Å². The molecule has 5 heteroatoms. The third-order valence-electron chi connectivity index (χ3n) is 2.14. The van der Waals surface area contributed by atoms with Crippen LogP contribution in [0.2, 0.25) is 0 Å². The van der Waals surface area contributed by atoms with Crippen LogP contribution in [-0.2, 0) is 19.1 Å². The predicted octanol–water partition coefficient (Wildman–Crippen LogP) is 2.19. The molecule has 0 atom stereocenters. The summed E-state index contributed by atoms with van der Waals surface area (Å²) in [5, 5.41) is 0. The fraction of sp³-hybridized carbons (Fsp3) is 0.455. The molecule has 0 aliphatic rings. The number of carbonyl (C=O) groups excluding carboxylic acids is 2. The van der Waals surface area contributed by atoms with Crippen LogP contribution in [0.1, 0.15) is 12.8 Å². The van der Waals surface area contributed by atoms with Gasteiger partial charge in [-0.05, 0) is 10.9 Å². The largest absolute Gasteiger partial charge is 0.468 e. The first-order chi connectivity index (χ1) is 7.44. The van der Waals surface area contributed by atoms with Crippen LogP contribution < -0.4 is 0 Å². The molecule has 0 aromatic rings. The minimum absolute atomic E-state index is 0.109. The lowest BCUT2D eigenvalue weighted by Crippen LogP contribution is -2.41. The van der Waals surface area contributed by atoms with Gasteiger partial charge in [0.05, 0.1) is 14.2 Å². The van der Waals surface area contributed by atoms with Gasteiger partial charge in [0.15, 0.2) is 5.41 Å². The molecule has 0 aliphatic carbocycles. The van der Waals surface area contributed by atoms with Gasteiger partial charge in [0.25, 0.3) is 0 Å². The second-order valence-corrected chi connectivity index (χ2v) is 4.37. The Hall–Kier alpha value is -1.10. The molecule has 0 N–H and O–H groups in total. The van der Waals surface area contributed by atoms with Crippen LogP contribution in [0.5, 0.6) is 0 Å². The van der Waals surface area contributed by atoms with Crippen molar-refractivity contribution in [1.29, 1.82) is 0 Å². The van der Waals surface area contributed by atoms with E-state index in [1.807, 2.05) is 0 Å². The second kappa shape index (κ2) is 6.48. The van der Waals surface area contributed by atoms with E-state index in [9.17, 15) is 9.59 Å². The van der Waals surface area contributed by atoms with Crippen LogP contribution in [0.15, 0.2) is 23.7 Å². The molecule has 0 unspecified atom stereocenters. The number of ether oxygens (including phenoxy) is 2. The summed E-state index contributed by atoms with van der Waals surface area (Å²) in [5.74, 6) is -1.31. The van der Waals surface area contributed by atoms with Crippen LogP contribution >= 0.6 is 15.9 Å². The van der Waals surface area contributed by atoms with Gasteiger partial charge in [-0.3, -0.25) is 9.59 Å². The maximum Gasteiger partial charge on any atom is 0.323 e. The Morgan fingerprint density at radius 3 is 2.00 bits per heavy atom. The first kappa shape index (κ1) is 14.9. The molecule has 0 heterocycles. The lowest BCUT2D eigenvalue weighted by atomic mass is 9.81. The highest BCUT2D eigenvalue weighted by Gasteiger charge is 2.47. The van der Waals surface area contributed by atoms with Gasteiger partial charge in [0.1, 0.15) is 0 Å². The minimum Gasteiger partial charge on any atom is -0.468 e. The lowest BCUT2D eigenvalue weighted by molar-refractivity contribution is -0.168. The van der Waals surface area contributed by atoms with Gasteiger partial charge in [-0.25, -0.2) is 0 Å². The van der Waals surface area contributed by atoms with E-state index in [0.717, 1.165) is 0 Å². The Kier molecular flexibility index (Phi) is 6.03. The fourth-order valence-electron chi connectivity index (χ4n) is 1.43. The normalized spacial score (nSPS) is 10.4. The van der Waals surface area contributed by atoms with Gasteiger partial charge in [0, 0.05) is 6.42 Å². The molecule has 0 spiro atoms. The molecule has 90 valence electrons. The molecular weight excluding hydrogens is 276 g/mol. The number of methoxy groups -OCH3 is 2. The number of hydrogen-bond acceptors (Lipinski definition) is 4. The summed E-state index contributed by atoms with van der Waals surface area (Å²) in [4.78, 5) is 23.5. The maximum absolute atomic E-state index is 11.7. The van der Waals surface area contributed by atoms with E-state index in [1.54, 1.807) is 0 Å². The average Bonchev–Trinajstić information content (AvgIpc) is 2.25. The average molecular weight is 291 g/mol. The van der Waals surface area contributed by atoms with E-state index >= 15 is 0 Å². The molecule has 4 nitrogen and oxygen atoms in total. The highest BCUT2D eigenvalue weighted by molar-refractivity contribution is 9.11. The highest BCUT2D eigenvalue weighted by Crippen LogP contribution is 2.35. The minimum atomic E-state index is -1.40. The number of halogens is 1. The topological polar surface area (TPSA) is 52.6 Å². The third kappa shape index (κ3) is 3.20. The molecule has 0 fully saturated rings. The van der Waals surface area contributed by atoms with E-state index in [4.69, 9.17) is 0 Å². The smallest absolute Gasteiger partial charge is 0.323 e. The van der Waals surface area contributed by atoms with Crippen molar-refractivity contribution in [3.05, 3.63) is 23.7 Å². The summed E-state index contributed by atoms with van der Waals surface area (Å²) in [6, 6.07) is 0. The SMILES string of the molecule is C=CCC(CC(=C)Br)(C(=O)OC)C(=O)OC. The maximum atomic E-state index is 11.7. The molecule has 0 saturated carbocycles. The van der Waals surface area contributed by atoms with Crippen molar-refractivity contribution in [2.75, 3.05) is 14.2 Å². The number of hydrogen-bond donors (Lipinski definition) is 0. The summed E-state index contributed by atoms with van der Waals surface area (Å²) in [6.07, 6.45) is 1.72. The van der Waals surface area contributed by atoms with Gasteiger partial charge in [-0.2, -0.15) is 0 Å². The van der Waals surface area contributed by atoms with E-state index in [0.29, 0.717) is 4.48 Å². The van der Waals surface area contributed by atoms with Crippen molar-refractivity contribution < 1.29 is 19.1 Å². The Bertz CT molecular complexity index is 293. The van der Waals surface area contributed by atoms with Crippen LogP contribution in [0.4, 0.5) is 0 Å². The Morgan fingerprint density at radius 1 is 1.31 bits per heavy atom. The lowest BCUT2D eigenvalue weighted by Gasteiger charge is -2.26. The molecule has 0 amide bonds. The quantitative estimate of drug-likeness (QED) is 0.427. The number of allylic oxidation sites excluding steroid dienone is 2. The van der Waals surface area contributed by atoms with E-state index in [2.05, 4.69) is 38.6 Å². The van der Waals surface area contributed by atoms with Crippen molar-refractivity contribution >= 4 is 27.9 Å². The first-order valence-electron chi connectivity index (χ1n) is 4.55. The van der Waals surface area contributed by atoms with Gasteiger partial charge in [-0.15, -0.1) is 6.58 Å². The number of carbonyl (C=O) groups is 2. The number of rotatable bonds is 6. The summed E-state index contributed by atoms with van der Waals surface area (Å²) in [7, 11) is 2.44. The van der Waals surface area contributed by atoms with Gasteiger partial charge in [-0.1, -0.05) is 28.6 Å². The Morgan fingerprint density at radius 2 is 1.75 bits per heavy atom. The fourth-order valence-corrected chi connectivity index (χ4v) is 1.91. The molecule has 0 aromatic carbocycles. The van der Waals surface area contributed by atoms with Gasteiger partial charge in [0.2, 0.25) is 0 Å². The Labute approximate surface area is 103 Å². The van der Waals surface area contributed by atoms with E-state index in [-0.39, 0.29) is 12.8 Å². The van der Waals surface area contributed by atoms with E-state index < -0.39 is 17.4 Å². The molecule has 0 radical (unpaired) electrons. The first-order valence-corrected chi connectivity index (χ1v) is 5.35. The summed E-state index contributed by atoms with van der Waals surface area (Å²) < 4.78 is 9.80. The summed E-state index contributed by atoms with van der Waals surface area (Å²) in [5.41, 5.74) is -1.40. The molecular formula is C11H15BrO4. The van der Waals surface area contributed by atoms with Crippen LogP contribution in [-0.4, -0.2) is 26.2 Å². The van der Waals surface area contributed by atoms with Crippen LogP contribution in [0, 0.1) is 5.41 Å². The molecule has 0 rings (SSSR count). The van der Waals surface area contributed by atoms with Gasteiger partial charge >= 0.3 is 11.9 Å². The number of esters is 2. The standard InChI is InChI=1S/C11H15BrO4/c1-5-6-11(7-8(2)12,9(13)15-3)10(14)16-4/h5H,1-2,6-7H2,3-4H3. The zero-order chi connectivity index (χ0) is 12.8. The van der Waals surface area contributed by atoms with Crippen molar-refractivity contribution in [3.63, 3.8) is 0 Å².